The van der Waals surface area contributed by atoms with Gasteiger partial charge in [-0.15, -0.1) is 21.5 Å². The molecular weight excluding hydrogens is 340 g/mol. The van der Waals surface area contributed by atoms with Crippen LogP contribution in [0.3, 0.4) is 0 Å². The highest BCUT2D eigenvalue weighted by Gasteiger charge is 2.19. The number of carbonyl (C=O) groups is 2. The van der Waals surface area contributed by atoms with Gasteiger partial charge in [-0.05, 0) is 30.5 Å². The number of Topliss-reactive ketones (excluding diaryl/α,β-unsaturated/α-hetero) is 1. The molecule has 0 unspecified atom stereocenters. The molecule has 0 amide bonds. The van der Waals surface area contributed by atoms with E-state index in [0.717, 1.165) is 5.56 Å². The van der Waals surface area contributed by atoms with E-state index >= 15 is 0 Å². The Morgan fingerprint density at radius 1 is 1.12 bits per heavy atom. The maximum atomic E-state index is 11.9. The zero-order chi connectivity index (χ0) is 17.6. The predicted octanol–water partition coefficient (Wildman–Crippen LogP) is 4.07. The fraction of sp³-hybridized carbons (Fsp3) is 0.222. The first-order valence-electron chi connectivity index (χ1n) is 7.78. The van der Waals surface area contributed by atoms with Crippen LogP contribution in [0.4, 0.5) is 0 Å². The van der Waals surface area contributed by atoms with Gasteiger partial charge in [-0.2, -0.15) is 0 Å². The number of benzene rings is 1. The first-order valence-corrected chi connectivity index (χ1v) is 8.66. The van der Waals surface area contributed by atoms with Crippen LogP contribution >= 0.6 is 11.3 Å². The van der Waals surface area contributed by atoms with Crippen molar-refractivity contribution in [3.8, 4) is 11.5 Å². The van der Waals surface area contributed by atoms with Crippen LogP contribution in [0.15, 0.2) is 52.3 Å². The van der Waals surface area contributed by atoms with Crippen molar-refractivity contribution < 1.29 is 18.7 Å². The number of esters is 1. The number of hydrogen-bond donors (Lipinski definition) is 0. The van der Waals surface area contributed by atoms with Crippen molar-refractivity contribution in [2.45, 2.75) is 25.9 Å². The number of rotatable bonds is 7. The minimum Gasteiger partial charge on any atom is -0.453 e. The normalized spacial score (nSPS) is 11.9. The van der Waals surface area contributed by atoms with E-state index in [1.807, 2.05) is 35.7 Å². The third kappa shape index (κ3) is 4.39. The van der Waals surface area contributed by atoms with Crippen molar-refractivity contribution in [2.24, 2.45) is 0 Å². The van der Waals surface area contributed by atoms with Gasteiger partial charge in [0, 0.05) is 12.0 Å². The maximum Gasteiger partial charge on any atom is 0.307 e. The number of ether oxygens (including phenoxy) is 1. The molecule has 2 aromatic heterocycles. The monoisotopic (exact) mass is 356 g/mol. The minimum absolute atomic E-state index is 0.0146. The summed E-state index contributed by atoms with van der Waals surface area (Å²) in [5, 5.41) is 9.71. The number of nitrogens with zero attached hydrogens (tertiary/aromatic N) is 2. The first kappa shape index (κ1) is 17.0. The molecule has 0 aliphatic rings. The molecule has 2 heterocycles. The summed E-state index contributed by atoms with van der Waals surface area (Å²) in [6, 6.07) is 12.9. The molecule has 0 aliphatic carbocycles. The minimum atomic E-state index is -0.672. The molecule has 128 valence electrons. The fourth-order valence-corrected chi connectivity index (χ4v) is 2.87. The van der Waals surface area contributed by atoms with Crippen LogP contribution in [0.5, 0.6) is 0 Å². The summed E-state index contributed by atoms with van der Waals surface area (Å²) in [7, 11) is 0. The predicted molar refractivity (Wildman–Crippen MR) is 92.1 cm³/mol. The summed E-state index contributed by atoms with van der Waals surface area (Å²) >= 11 is 1.36. The zero-order valence-corrected chi connectivity index (χ0v) is 14.4. The zero-order valence-electron chi connectivity index (χ0n) is 13.5. The first-order chi connectivity index (χ1) is 12.1. The Morgan fingerprint density at radius 3 is 2.64 bits per heavy atom. The Morgan fingerprint density at radius 2 is 1.92 bits per heavy atom. The van der Waals surface area contributed by atoms with E-state index < -0.39 is 12.1 Å². The van der Waals surface area contributed by atoms with Crippen molar-refractivity contribution in [1.29, 1.82) is 0 Å². The van der Waals surface area contributed by atoms with E-state index in [4.69, 9.17) is 9.15 Å². The van der Waals surface area contributed by atoms with E-state index in [2.05, 4.69) is 10.2 Å². The number of aromatic nitrogens is 2. The van der Waals surface area contributed by atoms with Gasteiger partial charge in [0.25, 0.3) is 5.89 Å². The second kappa shape index (κ2) is 7.85. The lowest BCUT2D eigenvalue weighted by Crippen LogP contribution is -2.11. The van der Waals surface area contributed by atoms with Crippen LogP contribution in [0.2, 0.25) is 0 Å². The SMILES string of the molecule is C[C@@H](OC(=O)CCC(=O)c1cccs1)c1nnc(-c2ccccc2)o1. The van der Waals surface area contributed by atoms with Crippen LogP contribution in [0, 0.1) is 0 Å². The average Bonchev–Trinajstić information content (AvgIpc) is 3.32. The van der Waals surface area contributed by atoms with Crippen molar-refractivity contribution >= 4 is 23.1 Å². The van der Waals surface area contributed by atoms with Crippen LogP contribution < -0.4 is 0 Å². The lowest BCUT2D eigenvalue weighted by atomic mass is 10.2. The van der Waals surface area contributed by atoms with Gasteiger partial charge in [-0.25, -0.2) is 0 Å². The highest BCUT2D eigenvalue weighted by atomic mass is 32.1. The lowest BCUT2D eigenvalue weighted by Gasteiger charge is -2.08. The van der Waals surface area contributed by atoms with Gasteiger partial charge < -0.3 is 9.15 Å². The molecule has 0 spiro atoms. The summed E-state index contributed by atoms with van der Waals surface area (Å²) in [5.74, 6) is 0.0452. The number of thiophene rings is 1. The molecular formula is C18H16N2O4S. The fourth-order valence-electron chi connectivity index (χ4n) is 2.18. The highest BCUT2D eigenvalue weighted by Crippen LogP contribution is 2.22. The Hall–Kier alpha value is -2.80. The average molecular weight is 356 g/mol. The molecule has 3 aromatic rings. The molecule has 0 saturated heterocycles. The molecule has 3 rings (SSSR count). The number of carbonyl (C=O) groups excluding carboxylic acids is 2. The topological polar surface area (TPSA) is 82.3 Å². The second-order valence-electron chi connectivity index (χ2n) is 5.34. The summed E-state index contributed by atoms with van der Waals surface area (Å²) in [6.07, 6.45) is -0.541. The quantitative estimate of drug-likeness (QED) is 0.469. The van der Waals surface area contributed by atoms with Gasteiger partial charge in [0.2, 0.25) is 5.89 Å². The molecule has 1 aromatic carbocycles. The van der Waals surface area contributed by atoms with E-state index in [-0.39, 0.29) is 24.5 Å². The van der Waals surface area contributed by atoms with Crippen molar-refractivity contribution in [1.82, 2.24) is 10.2 Å². The van der Waals surface area contributed by atoms with Gasteiger partial charge in [-0.3, -0.25) is 9.59 Å². The van der Waals surface area contributed by atoms with Crippen LogP contribution in [0.1, 0.15) is 41.4 Å². The molecule has 6 nitrogen and oxygen atoms in total. The second-order valence-corrected chi connectivity index (χ2v) is 6.29. The Balaban J connectivity index is 1.53. The largest absolute Gasteiger partial charge is 0.453 e. The van der Waals surface area contributed by atoms with Crippen molar-refractivity contribution in [3.63, 3.8) is 0 Å². The Kier molecular flexibility index (Phi) is 5.35. The molecule has 1 atom stereocenters. The van der Waals surface area contributed by atoms with E-state index in [0.29, 0.717) is 10.8 Å². The highest BCUT2D eigenvalue weighted by molar-refractivity contribution is 7.12. The summed E-state index contributed by atoms with van der Waals surface area (Å²) in [4.78, 5) is 24.4. The lowest BCUT2D eigenvalue weighted by molar-refractivity contribution is -0.149. The number of hydrogen-bond acceptors (Lipinski definition) is 7. The van der Waals surface area contributed by atoms with Gasteiger partial charge >= 0.3 is 5.97 Å². The molecule has 0 fully saturated rings. The number of ketones is 1. The van der Waals surface area contributed by atoms with E-state index in [1.165, 1.54) is 11.3 Å². The Labute approximate surface area is 148 Å². The summed E-state index contributed by atoms with van der Waals surface area (Å²) in [5.41, 5.74) is 0.793. The van der Waals surface area contributed by atoms with E-state index in [1.54, 1.807) is 19.1 Å². The third-order valence-corrected chi connectivity index (χ3v) is 4.38. The van der Waals surface area contributed by atoms with Crippen molar-refractivity contribution in [3.05, 3.63) is 58.6 Å². The summed E-state index contributed by atoms with van der Waals surface area (Å²) < 4.78 is 10.8. The maximum absolute atomic E-state index is 11.9. The molecule has 25 heavy (non-hydrogen) atoms. The van der Waals surface area contributed by atoms with E-state index in [9.17, 15) is 9.59 Å². The molecule has 0 aliphatic heterocycles. The van der Waals surface area contributed by atoms with Crippen LogP contribution in [0.25, 0.3) is 11.5 Å². The summed E-state index contributed by atoms with van der Waals surface area (Å²) in [6.45, 7) is 1.65. The molecule has 0 saturated carbocycles. The molecule has 0 N–H and O–H groups in total. The molecule has 0 bridgehead atoms. The van der Waals surface area contributed by atoms with Crippen molar-refractivity contribution in [2.75, 3.05) is 0 Å². The molecule has 7 heteroatoms. The van der Waals surface area contributed by atoms with Gasteiger partial charge in [0.1, 0.15) is 0 Å². The van der Waals surface area contributed by atoms with Gasteiger partial charge in [0.15, 0.2) is 11.9 Å². The van der Waals surface area contributed by atoms with Crippen LogP contribution in [-0.4, -0.2) is 21.9 Å². The van der Waals surface area contributed by atoms with Crippen LogP contribution in [-0.2, 0) is 9.53 Å². The standard InChI is InChI=1S/C18H16N2O4S/c1-12(17-19-20-18(24-17)13-6-3-2-4-7-13)23-16(22)10-9-14(21)15-8-5-11-25-15/h2-8,11-12H,9-10H2,1H3/t12-/m1/s1. The van der Waals surface area contributed by atoms with Gasteiger partial charge in [-0.1, -0.05) is 24.3 Å². The molecule has 0 radical (unpaired) electrons. The Bertz CT molecular complexity index is 843. The smallest absolute Gasteiger partial charge is 0.307 e. The van der Waals surface area contributed by atoms with Gasteiger partial charge in [0.05, 0.1) is 11.3 Å². The third-order valence-electron chi connectivity index (χ3n) is 3.47.